The molecule has 1 aliphatic rings. The number of aromatic amines is 1. The first-order valence-electron chi connectivity index (χ1n) is 7.74. The van der Waals surface area contributed by atoms with E-state index >= 15 is 0 Å². The molecule has 3 N–H and O–H groups in total. The third-order valence-electron chi connectivity index (χ3n) is 4.70. The molecule has 22 heavy (non-hydrogen) atoms. The van der Waals surface area contributed by atoms with Crippen molar-refractivity contribution in [3.8, 4) is 5.75 Å². The first-order valence-corrected chi connectivity index (χ1v) is 7.74. The maximum absolute atomic E-state index is 11.3. The van der Waals surface area contributed by atoms with Crippen LogP contribution >= 0.6 is 0 Å². The van der Waals surface area contributed by atoms with Crippen LogP contribution < -0.4 is 0 Å². The zero-order valence-electron chi connectivity index (χ0n) is 12.9. The molecule has 118 valence electrons. The van der Waals surface area contributed by atoms with Crippen molar-refractivity contribution in [1.29, 1.82) is 0 Å². The molecule has 0 radical (unpaired) electrons. The summed E-state index contributed by atoms with van der Waals surface area (Å²) in [6.07, 6.45) is 2.01. The SMILES string of the molecule is CCc1ccc(O)c2c3c([nH]c12)[C@](CC)(CC(=O)O)OCC3. The number of carboxylic acids is 1. The molecule has 1 aliphatic heterocycles. The van der Waals surface area contributed by atoms with E-state index in [1.54, 1.807) is 6.07 Å². The predicted octanol–water partition coefficient (Wildman–Crippen LogP) is 3.09. The number of phenols is 1. The molecule has 3 rings (SSSR count). The minimum Gasteiger partial charge on any atom is -0.507 e. The fraction of sp³-hybridized carbons (Fsp3) is 0.471. The molecule has 0 saturated heterocycles. The molecule has 0 unspecified atom stereocenters. The summed E-state index contributed by atoms with van der Waals surface area (Å²) in [6, 6.07) is 3.63. The van der Waals surface area contributed by atoms with Crippen LogP contribution in [0, 0.1) is 0 Å². The number of H-pyrrole nitrogens is 1. The minimum absolute atomic E-state index is 0.0778. The number of rotatable bonds is 4. The molecule has 1 aromatic heterocycles. The van der Waals surface area contributed by atoms with Gasteiger partial charge in [-0.05, 0) is 36.5 Å². The van der Waals surface area contributed by atoms with Crippen molar-refractivity contribution in [1.82, 2.24) is 4.98 Å². The Hall–Kier alpha value is -2.01. The van der Waals surface area contributed by atoms with Crippen LogP contribution in [0.1, 0.15) is 43.5 Å². The van der Waals surface area contributed by atoms with Gasteiger partial charge in [0.25, 0.3) is 0 Å². The van der Waals surface area contributed by atoms with Crippen molar-refractivity contribution >= 4 is 16.9 Å². The first kappa shape index (κ1) is 14.9. The predicted molar refractivity (Wildman–Crippen MR) is 83.2 cm³/mol. The molecule has 1 aromatic carbocycles. The Morgan fingerprint density at radius 2 is 2.18 bits per heavy atom. The van der Waals surface area contributed by atoms with Gasteiger partial charge < -0.3 is 19.9 Å². The van der Waals surface area contributed by atoms with Crippen LogP contribution in [0.15, 0.2) is 12.1 Å². The molecule has 1 atom stereocenters. The van der Waals surface area contributed by atoms with E-state index in [1.807, 2.05) is 13.0 Å². The Bertz CT molecular complexity index is 734. The van der Waals surface area contributed by atoms with Crippen LogP contribution in [-0.4, -0.2) is 27.8 Å². The molecule has 0 bridgehead atoms. The second kappa shape index (κ2) is 5.32. The summed E-state index contributed by atoms with van der Waals surface area (Å²) in [4.78, 5) is 14.7. The molecule has 0 spiro atoms. The zero-order chi connectivity index (χ0) is 15.9. The van der Waals surface area contributed by atoms with Gasteiger partial charge in [-0.1, -0.05) is 19.9 Å². The number of benzene rings is 1. The van der Waals surface area contributed by atoms with Crippen molar-refractivity contribution < 1.29 is 19.7 Å². The van der Waals surface area contributed by atoms with Crippen LogP contribution in [0.5, 0.6) is 5.75 Å². The van der Waals surface area contributed by atoms with E-state index in [0.29, 0.717) is 19.4 Å². The van der Waals surface area contributed by atoms with Crippen molar-refractivity contribution in [3.63, 3.8) is 0 Å². The largest absolute Gasteiger partial charge is 0.507 e. The van der Waals surface area contributed by atoms with Crippen molar-refractivity contribution in [3.05, 3.63) is 29.0 Å². The number of fused-ring (bicyclic) bond motifs is 3. The number of hydrogen-bond acceptors (Lipinski definition) is 3. The Labute approximate surface area is 128 Å². The summed E-state index contributed by atoms with van der Waals surface area (Å²) in [5, 5.41) is 20.4. The summed E-state index contributed by atoms with van der Waals surface area (Å²) in [5.74, 6) is -0.639. The van der Waals surface area contributed by atoms with E-state index in [4.69, 9.17) is 4.74 Å². The normalized spacial score (nSPS) is 21.0. The minimum atomic E-state index is -0.881. The molecule has 0 amide bonds. The van der Waals surface area contributed by atoms with Crippen LogP contribution in [0.25, 0.3) is 10.9 Å². The van der Waals surface area contributed by atoms with Gasteiger partial charge in [-0.2, -0.15) is 0 Å². The highest BCUT2D eigenvalue weighted by atomic mass is 16.5. The number of carboxylic acid groups (broad SMARTS) is 1. The van der Waals surface area contributed by atoms with Crippen LogP contribution in [0.3, 0.4) is 0 Å². The Morgan fingerprint density at radius 1 is 1.41 bits per heavy atom. The lowest BCUT2D eigenvalue weighted by Gasteiger charge is -2.35. The van der Waals surface area contributed by atoms with E-state index in [2.05, 4.69) is 11.9 Å². The average Bonchev–Trinajstić information content (AvgIpc) is 2.89. The van der Waals surface area contributed by atoms with E-state index in [0.717, 1.165) is 34.1 Å². The summed E-state index contributed by atoms with van der Waals surface area (Å²) in [7, 11) is 0. The zero-order valence-corrected chi connectivity index (χ0v) is 12.9. The third-order valence-corrected chi connectivity index (χ3v) is 4.70. The molecule has 2 aromatic rings. The highest BCUT2D eigenvalue weighted by molar-refractivity contribution is 5.93. The van der Waals surface area contributed by atoms with Gasteiger partial charge in [-0.3, -0.25) is 4.79 Å². The smallest absolute Gasteiger partial charge is 0.306 e. The highest BCUT2D eigenvalue weighted by Gasteiger charge is 2.41. The second-order valence-electron chi connectivity index (χ2n) is 5.84. The lowest BCUT2D eigenvalue weighted by molar-refractivity contribution is -0.148. The van der Waals surface area contributed by atoms with Gasteiger partial charge in [0.1, 0.15) is 11.4 Å². The number of aromatic nitrogens is 1. The lowest BCUT2D eigenvalue weighted by atomic mass is 9.86. The number of aromatic hydroxyl groups is 1. The van der Waals surface area contributed by atoms with Gasteiger partial charge in [0.05, 0.1) is 24.2 Å². The third kappa shape index (κ3) is 2.08. The summed E-state index contributed by atoms with van der Waals surface area (Å²) in [5.41, 5.74) is 2.99. The van der Waals surface area contributed by atoms with Gasteiger partial charge in [0, 0.05) is 5.39 Å². The number of phenolic OH excluding ortho intramolecular Hbond substituents is 1. The molecule has 0 saturated carbocycles. The van der Waals surface area contributed by atoms with Crippen molar-refractivity contribution in [2.75, 3.05) is 6.61 Å². The molecule has 2 heterocycles. The number of aryl methyl sites for hydroxylation is 1. The molecule has 0 fully saturated rings. The fourth-order valence-corrected chi connectivity index (χ4v) is 3.55. The molecular formula is C17H21NO4. The number of ether oxygens (including phenoxy) is 1. The molecule has 5 heteroatoms. The van der Waals surface area contributed by atoms with E-state index < -0.39 is 11.6 Å². The quantitative estimate of drug-likeness (QED) is 0.810. The van der Waals surface area contributed by atoms with Crippen LogP contribution in [-0.2, 0) is 28.0 Å². The second-order valence-corrected chi connectivity index (χ2v) is 5.84. The van der Waals surface area contributed by atoms with Crippen molar-refractivity contribution in [2.24, 2.45) is 0 Å². The Kier molecular flexibility index (Phi) is 3.60. The van der Waals surface area contributed by atoms with Crippen LogP contribution in [0.4, 0.5) is 0 Å². The van der Waals surface area contributed by atoms with Gasteiger partial charge >= 0.3 is 5.97 Å². The highest BCUT2D eigenvalue weighted by Crippen LogP contribution is 2.44. The fourth-order valence-electron chi connectivity index (χ4n) is 3.55. The Balaban J connectivity index is 2.29. The van der Waals surface area contributed by atoms with Gasteiger partial charge in [0.2, 0.25) is 0 Å². The molecular weight excluding hydrogens is 282 g/mol. The standard InChI is InChI=1S/C17H21NO4/c1-3-10-5-6-12(19)14-11-7-8-22-17(4-2,9-13(20)21)16(11)18-15(10)14/h5-6,18-19H,3-4,7-9H2,1-2H3,(H,20,21)/t17-/m0/s1. The first-order chi connectivity index (χ1) is 10.5. The van der Waals surface area contributed by atoms with Gasteiger partial charge in [0.15, 0.2) is 0 Å². The maximum atomic E-state index is 11.3. The molecule has 5 nitrogen and oxygen atoms in total. The Morgan fingerprint density at radius 3 is 2.82 bits per heavy atom. The topological polar surface area (TPSA) is 82.5 Å². The van der Waals surface area contributed by atoms with Crippen molar-refractivity contribution in [2.45, 2.75) is 45.1 Å². The van der Waals surface area contributed by atoms with E-state index in [-0.39, 0.29) is 12.2 Å². The van der Waals surface area contributed by atoms with Gasteiger partial charge in [-0.15, -0.1) is 0 Å². The van der Waals surface area contributed by atoms with Crippen LogP contribution in [0.2, 0.25) is 0 Å². The van der Waals surface area contributed by atoms with E-state index in [1.165, 1.54) is 0 Å². The number of carbonyl (C=O) groups is 1. The van der Waals surface area contributed by atoms with Gasteiger partial charge in [-0.25, -0.2) is 0 Å². The lowest BCUT2D eigenvalue weighted by Crippen LogP contribution is -2.37. The maximum Gasteiger partial charge on any atom is 0.306 e. The number of hydrogen-bond donors (Lipinski definition) is 3. The van der Waals surface area contributed by atoms with E-state index in [9.17, 15) is 15.0 Å². The monoisotopic (exact) mass is 303 g/mol. The summed E-state index contributed by atoms with van der Waals surface area (Å²) < 4.78 is 5.90. The number of aliphatic carboxylic acids is 1. The number of nitrogens with one attached hydrogen (secondary N) is 1. The molecule has 0 aliphatic carbocycles. The summed E-state index contributed by atoms with van der Waals surface area (Å²) in [6.45, 7) is 4.47. The average molecular weight is 303 g/mol. The summed E-state index contributed by atoms with van der Waals surface area (Å²) >= 11 is 0.